The number of nitrogens with zero attached hydrogens (tertiary/aromatic N) is 3. The first-order valence-electron chi connectivity index (χ1n) is 24.4. The Labute approximate surface area is 437 Å². The molecule has 0 amide bonds. The van der Waals surface area contributed by atoms with Crippen molar-refractivity contribution in [1.29, 1.82) is 0 Å². The third kappa shape index (κ3) is 9.04. The van der Waals surface area contributed by atoms with Crippen molar-refractivity contribution in [1.82, 2.24) is 14.5 Å². The molecule has 0 aliphatic carbocycles. The van der Waals surface area contributed by atoms with E-state index in [4.69, 9.17) is 9.97 Å². The molecule has 5 heteroatoms. The molecule has 2 heterocycles. The maximum Gasteiger partial charge on any atom is 0.148 e. The van der Waals surface area contributed by atoms with Gasteiger partial charge < -0.3 is 5.11 Å². The summed E-state index contributed by atoms with van der Waals surface area (Å²) < 4.78 is 2.22. The van der Waals surface area contributed by atoms with Crippen LogP contribution in [-0.4, -0.2) is 19.6 Å². The number of hydrogen-bond acceptors (Lipinski definition) is 3. The number of aromatic nitrogens is 3. The van der Waals surface area contributed by atoms with E-state index in [-0.39, 0.29) is 37.6 Å². The summed E-state index contributed by atoms with van der Waals surface area (Å²) in [4.78, 5) is 10.6. The Kier molecular flexibility index (Phi) is 13.1. The quantitative estimate of drug-likeness (QED) is 0.139. The minimum absolute atomic E-state index is 0. The number of fused-ring (bicyclic) bond motifs is 1. The molecule has 0 aliphatic heterocycles. The van der Waals surface area contributed by atoms with E-state index in [1.807, 2.05) is 60.8 Å². The van der Waals surface area contributed by atoms with Gasteiger partial charge in [-0.15, -0.1) is 29.3 Å². The number of aromatic hydroxyl groups is 1. The van der Waals surface area contributed by atoms with Crippen LogP contribution in [0.2, 0.25) is 0 Å². The zero-order chi connectivity index (χ0) is 48.7. The zero-order valence-electron chi connectivity index (χ0n) is 41.0. The summed E-state index contributed by atoms with van der Waals surface area (Å²) in [5, 5.41) is 12.7. The van der Waals surface area contributed by atoms with Crippen LogP contribution in [0.15, 0.2) is 231 Å². The zero-order valence-corrected chi connectivity index (χ0v) is 43.3. The molecule has 0 saturated carbocycles. The first-order valence-corrected chi connectivity index (χ1v) is 24.4. The van der Waals surface area contributed by atoms with Crippen LogP contribution >= 0.6 is 0 Å². The third-order valence-electron chi connectivity index (χ3n) is 14.0. The summed E-state index contributed by atoms with van der Waals surface area (Å²) in [5.41, 5.74) is 18.4. The fourth-order valence-electron chi connectivity index (χ4n) is 9.94. The smallest absolute Gasteiger partial charge is 0.148 e. The molecule has 0 bridgehead atoms. The Morgan fingerprint density at radius 3 is 1.67 bits per heavy atom. The van der Waals surface area contributed by atoms with Gasteiger partial charge in [0.2, 0.25) is 0 Å². The number of benzene rings is 9. The van der Waals surface area contributed by atoms with Crippen LogP contribution in [0.3, 0.4) is 0 Å². The summed E-state index contributed by atoms with van der Waals surface area (Å²) in [5.74, 6) is 0.794. The van der Waals surface area contributed by atoms with E-state index in [1.165, 1.54) is 11.1 Å². The molecular weight excluding hydrogens is 1060 g/mol. The van der Waals surface area contributed by atoms with Gasteiger partial charge in [-0.2, -0.15) is 0 Å². The van der Waals surface area contributed by atoms with Crippen LogP contribution in [0.25, 0.3) is 95.0 Å². The number of phenolic OH excluding ortho intramolecular Hbond substituents is 1. The summed E-state index contributed by atoms with van der Waals surface area (Å²) in [7, 11) is 0. The van der Waals surface area contributed by atoms with Gasteiger partial charge in [0.25, 0.3) is 0 Å². The molecule has 11 aromatic rings. The first kappa shape index (κ1) is 47.8. The van der Waals surface area contributed by atoms with Crippen molar-refractivity contribution in [3.8, 4) is 89.7 Å². The molecule has 4 nitrogen and oxygen atoms in total. The van der Waals surface area contributed by atoms with Gasteiger partial charge in [0.05, 0.1) is 22.3 Å². The molecule has 354 valence electrons. The Morgan fingerprint density at radius 2 is 0.972 bits per heavy atom. The average Bonchev–Trinajstić information content (AvgIpc) is 3.81. The number of para-hydroxylation sites is 3. The van der Waals surface area contributed by atoms with Gasteiger partial charge in [-0.25, -0.2) is 4.98 Å². The standard InChI is InChI=1S/C67H54N3O.Pt/c1-66(2,3)53-42-49(41-50(43-53)60-44-48(39-40-68-60)45-35-37-52(38-36-45)67(4,5)51-25-13-8-14-26-51)56-30-20-34-62-63(56)69-65(70(62)61-33-18-17-28-55(61)47-23-11-7-12-24-47)59-32-19-31-58(64(59)71)57-29-16-15-27-54(57)46-21-9-6-10-22-46;/h6-40,42-44,71H,1-5H3;/q-1;. The summed E-state index contributed by atoms with van der Waals surface area (Å²) in [6, 6.07) is 82.1. The molecule has 0 saturated heterocycles. The average molecular weight is 1110 g/mol. The van der Waals surface area contributed by atoms with Crippen molar-refractivity contribution in [2.45, 2.75) is 45.4 Å². The molecular formula is C67H54N3OPt-. The third-order valence-corrected chi connectivity index (χ3v) is 14.0. The predicted molar refractivity (Wildman–Crippen MR) is 295 cm³/mol. The molecule has 2 aromatic heterocycles. The maximum atomic E-state index is 12.7. The van der Waals surface area contributed by atoms with Crippen LogP contribution in [0.5, 0.6) is 5.75 Å². The number of imidazole rings is 1. The molecule has 11 rings (SSSR count). The molecule has 9 aromatic carbocycles. The van der Waals surface area contributed by atoms with E-state index in [1.54, 1.807) is 0 Å². The van der Waals surface area contributed by atoms with E-state index in [2.05, 4.69) is 215 Å². The van der Waals surface area contributed by atoms with Gasteiger partial charge in [-0.3, -0.25) is 9.55 Å². The molecule has 0 atom stereocenters. The second kappa shape index (κ2) is 19.7. The van der Waals surface area contributed by atoms with E-state index in [9.17, 15) is 5.11 Å². The normalized spacial score (nSPS) is 11.6. The molecule has 0 spiro atoms. The first-order chi connectivity index (χ1) is 34.5. The predicted octanol–water partition coefficient (Wildman–Crippen LogP) is 17.2. The van der Waals surface area contributed by atoms with Crippen molar-refractivity contribution in [3.63, 3.8) is 0 Å². The second-order valence-electron chi connectivity index (χ2n) is 19.9. The van der Waals surface area contributed by atoms with Crippen molar-refractivity contribution in [2.24, 2.45) is 0 Å². The van der Waals surface area contributed by atoms with Gasteiger partial charge in [0.15, 0.2) is 0 Å². The summed E-state index contributed by atoms with van der Waals surface area (Å²) in [6.07, 6.45) is 1.90. The van der Waals surface area contributed by atoms with Crippen molar-refractivity contribution in [3.05, 3.63) is 253 Å². The molecule has 72 heavy (non-hydrogen) atoms. The van der Waals surface area contributed by atoms with Gasteiger partial charge in [-0.05, 0) is 74.2 Å². The number of pyridine rings is 1. The van der Waals surface area contributed by atoms with Crippen LogP contribution < -0.4 is 0 Å². The Balaban J connectivity index is 0.00000596. The van der Waals surface area contributed by atoms with Gasteiger partial charge in [0, 0.05) is 49.5 Å². The summed E-state index contributed by atoms with van der Waals surface area (Å²) in [6.45, 7) is 11.3. The summed E-state index contributed by atoms with van der Waals surface area (Å²) >= 11 is 0. The van der Waals surface area contributed by atoms with E-state index < -0.39 is 0 Å². The maximum absolute atomic E-state index is 12.7. The minimum atomic E-state index is -0.188. The largest absolute Gasteiger partial charge is 0.507 e. The van der Waals surface area contributed by atoms with Crippen molar-refractivity contribution < 1.29 is 26.2 Å². The topological polar surface area (TPSA) is 50.9 Å². The molecule has 1 N–H and O–H groups in total. The fourth-order valence-corrected chi connectivity index (χ4v) is 9.94. The second-order valence-corrected chi connectivity index (χ2v) is 19.9. The van der Waals surface area contributed by atoms with E-state index in [0.717, 1.165) is 89.2 Å². The molecule has 0 unspecified atom stereocenters. The Hall–Kier alpha value is -7.91. The van der Waals surface area contributed by atoms with Gasteiger partial charge in [0.1, 0.15) is 11.6 Å². The van der Waals surface area contributed by atoms with Gasteiger partial charge >= 0.3 is 0 Å². The number of rotatable bonds is 10. The van der Waals surface area contributed by atoms with Crippen molar-refractivity contribution >= 4 is 11.0 Å². The van der Waals surface area contributed by atoms with E-state index >= 15 is 0 Å². The monoisotopic (exact) mass is 1110 g/mol. The molecule has 0 fully saturated rings. The Morgan fingerprint density at radius 1 is 0.431 bits per heavy atom. The van der Waals surface area contributed by atoms with Gasteiger partial charge in [-0.1, -0.05) is 234 Å². The molecule has 0 radical (unpaired) electrons. The minimum Gasteiger partial charge on any atom is -0.507 e. The SMILES string of the molecule is CC(C)(C)c1cc(-c2cc(-c3ccc(C(C)(C)c4ccccc4)cc3)ccn2)[c-]c(-c2cccc3c2nc(-c2cccc(-c4ccccc4-c4ccccc4)c2O)n3-c2ccccc2-c2ccccc2)c1.[Pt]. The molecule has 0 aliphatic rings. The Bertz CT molecular complexity index is 3700. The van der Waals surface area contributed by atoms with Crippen LogP contribution in [0.4, 0.5) is 0 Å². The van der Waals surface area contributed by atoms with Crippen LogP contribution in [-0.2, 0) is 31.9 Å². The van der Waals surface area contributed by atoms with Crippen LogP contribution in [0.1, 0.15) is 51.3 Å². The number of phenols is 1. The fraction of sp³-hybridized carbons (Fsp3) is 0.104. The number of hydrogen-bond donors (Lipinski definition) is 1. The van der Waals surface area contributed by atoms with E-state index in [0.29, 0.717) is 11.4 Å². The van der Waals surface area contributed by atoms with Crippen molar-refractivity contribution in [2.75, 3.05) is 0 Å². The van der Waals surface area contributed by atoms with Crippen LogP contribution in [0, 0.1) is 6.07 Å².